The molecule has 0 aliphatic heterocycles. The van der Waals surface area contributed by atoms with Crippen LogP contribution in [0.2, 0.25) is 0 Å². The molecule has 1 fully saturated rings. The molecule has 1 aromatic carbocycles. The molecule has 0 aromatic heterocycles. The summed E-state index contributed by atoms with van der Waals surface area (Å²) in [5.74, 6) is -0.139. The van der Waals surface area contributed by atoms with Crippen LogP contribution in [-0.2, 0) is 6.18 Å². The molecular weight excluding hydrogens is 289 g/mol. The SMILES string of the molecule is O=[N+]([O-])c1cc(C(F)(F)F)ccc1OCCCNC1CC1. The van der Waals surface area contributed by atoms with E-state index >= 15 is 0 Å². The van der Waals surface area contributed by atoms with E-state index in [4.69, 9.17) is 4.74 Å². The summed E-state index contributed by atoms with van der Waals surface area (Å²) in [7, 11) is 0. The maximum Gasteiger partial charge on any atom is 0.416 e. The quantitative estimate of drug-likeness (QED) is 0.477. The van der Waals surface area contributed by atoms with E-state index in [1.165, 1.54) is 0 Å². The van der Waals surface area contributed by atoms with Crippen molar-refractivity contribution in [1.29, 1.82) is 0 Å². The summed E-state index contributed by atoms with van der Waals surface area (Å²) < 4.78 is 42.8. The minimum Gasteiger partial charge on any atom is -0.487 e. The fourth-order valence-electron chi connectivity index (χ4n) is 1.81. The number of nitrogens with zero attached hydrogens (tertiary/aromatic N) is 1. The Morgan fingerprint density at radius 2 is 2.10 bits per heavy atom. The second-order valence-corrected chi connectivity index (χ2v) is 4.87. The van der Waals surface area contributed by atoms with Crippen LogP contribution in [0.15, 0.2) is 18.2 Å². The van der Waals surface area contributed by atoms with Crippen LogP contribution in [0.1, 0.15) is 24.8 Å². The summed E-state index contributed by atoms with van der Waals surface area (Å²) in [6, 6.07) is 2.84. The number of ether oxygens (including phenoxy) is 1. The van der Waals surface area contributed by atoms with Gasteiger partial charge in [0.25, 0.3) is 0 Å². The Labute approximate surface area is 119 Å². The highest BCUT2D eigenvalue weighted by Gasteiger charge is 2.33. The first-order chi connectivity index (χ1) is 9.88. The van der Waals surface area contributed by atoms with Crippen LogP contribution in [0.3, 0.4) is 0 Å². The van der Waals surface area contributed by atoms with Crippen molar-refractivity contribution in [3.63, 3.8) is 0 Å². The lowest BCUT2D eigenvalue weighted by Crippen LogP contribution is -2.19. The van der Waals surface area contributed by atoms with E-state index in [2.05, 4.69) is 5.32 Å². The number of benzene rings is 1. The van der Waals surface area contributed by atoms with Gasteiger partial charge in [-0.3, -0.25) is 10.1 Å². The molecule has 0 bridgehead atoms. The van der Waals surface area contributed by atoms with E-state index in [1.54, 1.807) is 0 Å². The zero-order valence-corrected chi connectivity index (χ0v) is 11.2. The third-order valence-corrected chi connectivity index (χ3v) is 3.07. The summed E-state index contributed by atoms with van der Waals surface area (Å²) in [5.41, 5.74) is -1.73. The zero-order valence-electron chi connectivity index (χ0n) is 11.2. The van der Waals surface area contributed by atoms with Crippen LogP contribution in [0.4, 0.5) is 18.9 Å². The fourth-order valence-corrected chi connectivity index (χ4v) is 1.81. The normalized spacial score (nSPS) is 15.0. The first-order valence-corrected chi connectivity index (χ1v) is 6.60. The molecule has 0 amide bonds. The first kappa shape index (κ1) is 15.6. The van der Waals surface area contributed by atoms with Crippen LogP contribution >= 0.6 is 0 Å². The number of halogens is 3. The lowest BCUT2D eigenvalue weighted by atomic mass is 10.2. The van der Waals surface area contributed by atoms with Crippen molar-refractivity contribution in [2.45, 2.75) is 31.5 Å². The number of nitro groups is 1. The van der Waals surface area contributed by atoms with Crippen molar-refractivity contribution in [2.24, 2.45) is 0 Å². The summed E-state index contributed by atoms with van der Waals surface area (Å²) in [5, 5.41) is 14.1. The van der Waals surface area contributed by atoms with Crippen LogP contribution in [-0.4, -0.2) is 24.1 Å². The Kier molecular flexibility index (Phi) is 4.66. The molecule has 0 atom stereocenters. The van der Waals surface area contributed by atoms with Gasteiger partial charge in [0, 0.05) is 12.1 Å². The molecule has 5 nitrogen and oxygen atoms in total. The van der Waals surface area contributed by atoms with Gasteiger partial charge < -0.3 is 10.1 Å². The van der Waals surface area contributed by atoms with Gasteiger partial charge in [0.1, 0.15) is 0 Å². The molecule has 1 saturated carbocycles. The van der Waals surface area contributed by atoms with E-state index in [0.29, 0.717) is 18.5 Å². The highest BCUT2D eigenvalue weighted by atomic mass is 19.4. The number of rotatable bonds is 7. The maximum absolute atomic E-state index is 12.5. The summed E-state index contributed by atoms with van der Waals surface area (Å²) >= 11 is 0. The van der Waals surface area contributed by atoms with Gasteiger partial charge in [-0.1, -0.05) is 0 Å². The van der Waals surface area contributed by atoms with E-state index in [0.717, 1.165) is 31.5 Å². The fraction of sp³-hybridized carbons (Fsp3) is 0.538. The minimum atomic E-state index is -4.61. The Morgan fingerprint density at radius 1 is 1.38 bits per heavy atom. The van der Waals surface area contributed by atoms with Crippen LogP contribution in [0, 0.1) is 10.1 Å². The summed E-state index contributed by atoms with van der Waals surface area (Å²) in [6.07, 6.45) is -1.66. The molecule has 2 rings (SSSR count). The standard InChI is InChI=1S/C13H15F3N2O3/c14-13(15,16)9-2-5-12(11(8-9)18(19)20)21-7-1-6-17-10-3-4-10/h2,5,8,10,17H,1,3-4,6-7H2. The van der Waals surface area contributed by atoms with Crippen molar-refractivity contribution in [3.05, 3.63) is 33.9 Å². The monoisotopic (exact) mass is 304 g/mol. The number of nitro benzene ring substituents is 1. The number of hydrogen-bond acceptors (Lipinski definition) is 4. The third-order valence-electron chi connectivity index (χ3n) is 3.07. The molecule has 1 aliphatic carbocycles. The second kappa shape index (κ2) is 6.30. The molecule has 1 aliphatic rings. The molecule has 0 heterocycles. The number of nitrogens with one attached hydrogen (secondary N) is 1. The minimum absolute atomic E-state index is 0.139. The van der Waals surface area contributed by atoms with Gasteiger partial charge >= 0.3 is 11.9 Å². The van der Waals surface area contributed by atoms with Gasteiger partial charge in [-0.2, -0.15) is 13.2 Å². The van der Waals surface area contributed by atoms with Crippen LogP contribution < -0.4 is 10.1 Å². The van der Waals surface area contributed by atoms with Gasteiger partial charge in [0.2, 0.25) is 0 Å². The molecule has 8 heteroatoms. The molecule has 116 valence electrons. The molecule has 0 spiro atoms. The van der Waals surface area contributed by atoms with Crippen LogP contribution in [0.5, 0.6) is 5.75 Å². The lowest BCUT2D eigenvalue weighted by molar-refractivity contribution is -0.386. The van der Waals surface area contributed by atoms with Gasteiger partial charge in [-0.25, -0.2) is 0 Å². The topological polar surface area (TPSA) is 64.4 Å². The lowest BCUT2D eigenvalue weighted by Gasteiger charge is -2.10. The molecule has 1 aromatic rings. The Balaban J connectivity index is 1.95. The van der Waals surface area contributed by atoms with Gasteiger partial charge in [-0.15, -0.1) is 0 Å². The first-order valence-electron chi connectivity index (χ1n) is 6.60. The number of hydrogen-bond donors (Lipinski definition) is 1. The smallest absolute Gasteiger partial charge is 0.416 e. The molecule has 1 N–H and O–H groups in total. The van der Waals surface area contributed by atoms with Gasteiger partial charge in [-0.05, 0) is 37.9 Å². The molecule has 0 radical (unpaired) electrons. The second-order valence-electron chi connectivity index (χ2n) is 4.87. The van der Waals surface area contributed by atoms with Crippen molar-refractivity contribution in [2.75, 3.05) is 13.2 Å². The highest BCUT2D eigenvalue weighted by Crippen LogP contribution is 2.36. The summed E-state index contributed by atoms with van der Waals surface area (Å²) in [6.45, 7) is 0.936. The third kappa shape index (κ3) is 4.59. The number of alkyl halides is 3. The molecule has 0 saturated heterocycles. The molecular formula is C13H15F3N2O3. The van der Waals surface area contributed by atoms with Crippen molar-refractivity contribution < 1.29 is 22.8 Å². The van der Waals surface area contributed by atoms with Crippen molar-refractivity contribution >= 4 is 5.69 Å². The molecule has 21 heavy (non-hydrogen) atoms. The van der Waals surface area contributed by atoms with E-state index < -0.39 is 22.4 Å². The average molecular weight is 304 g/mol. The van der Waals surface area contributed by atoms with E-state index in [9.17, 15) is 23.3 Å². The predicted molar refractivity (Wildman–Crippen MR) is 69.2 cm³/mol. The largest absolute Gasteiger partial charge is 0.487 e. The van der Waals surface area contributed by atoms with E-state index in [1.807, 2.05) is 0 Å². The Hall–Kier alpha value is -1.83. The summed E-state index contributed by atoms with van der Waals surface area (Å²) in [4.78, 5) is 9.97. The van der Waals surface area contributed by atoms with Gasteiger partial charge in [0.05, 0.1) is 17.1 Å². The molecule has 0 unspecified atom stereocenters. The maximum atomic E-state index is 12.5. The van der Waals surface area contributed by atoms with E-state index in [-0.39, 0.29) is 12.4 Å². The van der Waals surface area contributed by atoms with Gasteiger partial charge in [0.15, 0.2) is 5.75 Å². The van der Waals surface area contributed by atoms with Crippen LogP contribution in [0.25, 0.3) is 0 Å². The van der Waals surface area contributed by atoms with Crippen molar-refractivity contribution in [3.8, 4) is 5.75 Å². The average Bonchev–Trinajstić information content (AvgIpc) is 3.21. The Bertz CT molecular complexity index is 516. The zero-order chi connectivity index (χ0) is 15.5. The predicted octanol–water partition coefficient (Wildman–Crippen LogP) is 3.13. The van der Waals surface area contributed by atoms with Crippen molar-refractivity contribution in [1.82, 2.24) is 5.32 Å². The Morgan fingerprint density at radius 3 is 2.67 bits per heavy atom. The highest BCUT2D eigenvalue weighted by molar-refractivity contribution is 5.49.